The van der Waals surface area contributed by atoms with Crippen LogP contribution in [0.3, 0.4) is 0 Å². The van der Waals surface area contributed by atoms with Crippen molar-refractivity contribution >= 4 is 17.3 Å². The number of carbonyl (C=O) groups excluding carboxylic acids is 1. The van der Waals surface area contributed by atoms with Gasteiger partial charge in [0, 0.05) is 6.54 Å². The van der Waals surface area contributed by atoms with Gasteiger partial charge < -0.3 is 15.0 Å². The van der Waals surface area contributed by atoms with Crippen LogP contribution in [0.25, 0.3) is 0 Å². The fourth-order valence-corrected chi connectivity index (χ4v) is 3.20. The number of methoxy groups -OCH3 is 1. The average molecular weight is 364 g/mol. The van der Waals surface area contributed by atoms with Crippen molar-refractivity contribution in [1.82, 2.24) is 0 Å². The fraction of sp³-hybridized carbons (Fsp3) is 0.316. The van der Waals surface area contributed by atoms with Gasteiger partial charge in [0.15, 0.2) is 6.17 Å². The van der Waals surface area contributed by atoms with Crippen molar-refractivity contribution in [2.24, 2.45) is 0 Å². The number of carbonyl (C=O) groups is 1. The van der Waals surface area contributed by atoms with Crippen molar-refractivity contribution in [2.45, 2.75) is 32.7 Å². The number of rotatable bonds is 3. The zero-order chi connectivity index (χ0) is 19.1. The normalized spacial score (nSPS) is 16.2. The molecule has 2 aromatic rings. The lowest BCUT2D eigenvalue weighted by Crippen LogP contribution is -2.47. The van der Waals surface area contributed by atoms with Crippen LogP contribution in [0.4, 0.5) is 24.5 Å². The van der Waals surface area contributed by atoms with Gasteiger partial charge in [-0.3, -0.25) is 0 Å². The molecule has 4 nitrogen and oxygen atoms in total. The van der Waals surface area contributed by atoms with Gasteiger partial charge in [-0.1, -0.05) is 18.2 Å². The number of halogens is 3. The molecule has 3 rings (SSSR count). The summed E-state index contributed by atoms with van der Waals surface area (Å²) in [5.41, 5.74) is 3.55. The average Bonchev–Trinajstić information content (AvgIpc) is 2.95. The summed E-state index contributed by atoms with van der Waals surface area (Å²) in [6.45, 7) is 3.83. The molecule has 0 bridgehead atoms. The second-order valence-electron chi connectivity index (χ2n) is 6.31. The van der Waals surface area contributed by atoms with E-state index in [1.54, 1.807) is 0 Å². The van der Waals surface area contributed by atoms with E-state index in [0.717, 1.165) is 16.7 Å². The molecule has 0 amide bonds. The van der Waals surface area contributed by atoms with Crippen molar-refractivity contribution in [2.75, 3.05) is 17.3 Å². The monoisotopic (exact) mass is 364 g/mol. The largest absolute Gasteiger partial charge is 0.465 e. The third-order valence-electron chi connectivity index (χ3n) is 4.62. The summed E-state index contributed by atoms with van der Waals surface area (Å²) in [7, 11) is 1.24. The summed E-state index contributed by atoms with van der Waals surface area (Å²) in [4.78, 5) is 13.0. The molecule has 0 aliphatic carbocycles. The van der Waals surface area contributed by atoms with Gasteiger partial charge >= 0.3 is 12.1 Å². The second kappa shape index (κ2) is 6.55. The second-order valence-corrected chi connectivity index (χ2v) is 6.31. The molecule has 0 saturated carbocycles. The van der Waals surface area contributed by atoms with Crippen LogP contribution < -0.4 is 10.2 Å². The zero-order valence-electron chi connectivity index (χ0n) is 14.6. The molecular formula is C19H19F3N2O2. The molecule has 0 aromatic heterocycles. The van der Waals surface area contributed by atoms with E-state index in [4.69, 9.17) is 0 Å². The van der Waals surface area contributed by atoms with Gasteiger partial charge in [-0.25, -0.2) is 4.79 Å². The summed E-state index contributed by atoms with van der Waals surface area (Å²) in [5.74, 6) is -0.588. The lowest BCUT2D eigenvalue weighted by atomic mass is 10.0. The van der Waals surface area contributed by atoms with E-state index in [-0.39, 0.29) is 12.1 Å². The quantitative estimate of drug-likeness (QED) is 0.819. The van der Waals surface area contributed by atoms with E-state index in [0.29, 0.717) is 11.4 Å². The van der Waals surface area contributed by atoms with E-state index < -0.39 is 18.3 Å². The lowest BCUT2D eigenvalue weighted by molar-refractivity contribution is -0.141. The minimum atomic E-state index is -4.47. The molecule has 1 heterocycles. The number of fused-ring (bicyclic) bond motifs is 1. The van der Waals surface area contributed by atoms with Crippen LogP contribution in [0.15, 0.2) is 36.4 Å². The number of esters is 1. The summed E-state index contributed by atoms with van der Waals surface area (Å²) in [6, 6.07) is 9.99. The van der Waals surface area contributed by atoms with Crippen LogP contribution in [0.2, 0.25) is 0 Å². The van der Waals surface area contributed by atoms with Gasteiger partial charge in [0.05, 0.1) is 24.0 Å². The Morgan fingerprint density at radius 2 is 1.85 bits per heavy atom. The number of alkyl halides is 3. The number of hydrogen-bond donors (Lipinski definition) is 1. The number of anilines is 2. The molecular weight excluding hydrogens is 345 g/mol. The van der Waals surface area contributed by atoms with Crippen molar-refractivity contribution in [3.63, 3.8) is 0 Å². The van der Waals surface area contributed by atoms with Gasteiger partial charge in [0.2, 0.25) is 0 Å². The van der Waals surface area contributed by atoms with Crippen molar-refractivity contribution in [3.8, 4) is 0 Å². The first-order valence-electron chi connectivity index (χ1n) is 8.09. The summed E-state index contributed by atoms with van der Waals surface area (Å²) in [5, 5.41) is 2.52. The molecule has 0 spiro atoms. The molecule has 1 aliphatic heterocycles. The SMILES string of the molecule is COC(=O)c1ccc2c(c1)N(Cc1c(C)cccc1C)C(C(F)(F)F)N2. The molecule has 1 atom stereocenters. The summed E-state index contributed by atoms with van der Waals surface area (Å²) in [6.07, 6.45) is -6.33. The van der Waals surface area contributed by atoms with Gasteiger partial charge in [-0.2, -0.15) is 13.2 Å². The molecule has 2 aromatic carbocycles. The Balaban J connectivity index is 2.06. The highest BCUT2D eigenvalue weighted by atomic mass is 19.4. The molecule has 0 saturated heterocycles. The molecule has 0 radical (unpaired) electrons. The van der Waals surface area contributed by atoms with Crippen LogP contribution in [0.1, 0.15) is 27.0 Å². The standard InChI is InChI=1S/C19H19F3N2O2/c1-11-5-4-6-12(2)14(11)10-24-16-9-13(17(25)26-3)7-8-15(16)23-18(24)19(20,21)22/h4-9,18,23H,10H2,1-3H3. The number of hydrogen-bond acceptors (Lipinski definition) is 4. The van der Waals surface area contributed by atoms with Crippen molar-refractivity contribution < 1.29 is 22.7 Å². The minimum Gasteiger partial charge on any atom is -0.465 e. The van der Waals surface area contributed by atoms with Crippen molar-refractivity contribution in [3.05, 3.63) is 58.7 Å². The van der Waals surface area contributed by atoms with E-state index in [1.165, 1.54) is 30.2 Å². The number of aryl methyl sites for hydroxylation is 2. The number of nitrogens with one attached hydrogen (secondary N) is 1. The zero-order valence-corrected chi connectivity index (χ0v) is 14.6. The highest BCUT2D eigenvalue weighted by molar-refractivity contribution is 5.93. The minimum absolute atomic E-state index is 0.0767. The first-order chi connectivity index (χ1) is 12.2. The Morgan fingerprint density at radius 3 is 2.42 bits per heavy atom. The maximum atomic E-state index is 13.6. The first kappa shape index (κ1) is 18.1. The maximum absolute atomic E-state index is 13.6. The smallest absolute Gasteiger partial charge is 0.427 e. The highest BCUT2D eigenvalue weighted by Gasteiger charge is 2.48. The van der Waals surface area contributed by atoms with Gasteiger partial charge in [0.25, 0.3) is 0 Å². The third-order valence-corrected chi connectivity index (χ3v) is 4.62. The Hall–Kier alpha value is -2.70. The van der Waals surface area contributed by atoms with Crippen LogP contribution in [-0.2, 0) is 11.3 Å². The number of benzene rings is 2. The molecule has 1 unspecified atom stereocenters. The Bertz CT molecular complexity index is 829. The van der Waals surface area contributed by atoms with Crippen LogP contribution in [-0.4, -0.2) is 25.4 Å². The predicted molar refractivity (Wildman–Crippen MR) is 93.3 cm³/mol. The highest BCUT2D eigenvalue weighted by Crippen LogP contribution is 2.42. The Labute approximate surface area is 149 Å². The molecule has 0 fully saturated rings. The third kappa shape index (κ3) is 3.21. The Morgan fingerprint density at radius 1 is 1.19 bits per heavy atom. The molecule has 1 aliphatic rings. The number of nitrogens with zero attached hydrogens (tertiary/aromatic N) is 1. The summed E-state index contributed by atoms with van der Waals surface area (Å²) >= 11 is 0. The van der Waals surface area contributed by atoms with E-state index in [9.17, 15) is 18.0 Å². The fourth-order valence-electron chi connectivity index (χ4n) is 3.20. The summed E-state index contributed by atoms with van der Waals surface area (Å²) < 4.78 is 45.5. The first-order valence-corrected chi connectivity index (χ1v) is 8.09. The van der Waals surface area contributed by atoms with Crippen molar-refractivity contribution in [1.29, 1.82) is 0 Å². The molecule has 26 heavy (non-hydrogen) atoms. The van der Waals surface area contributed by atoms with Crippen LogP contribution in [0, 0.1) is 13.8 Å². The Kier molecular flexibility index (Phi) is 4.56. The predicted octanol–water partition coefficient (Wildman–Crippen LogP) is 4.41. The van der Waals surface area contributed by atoms with E-state index in [2.05, 4.69) is 10.1 Å². The van der Waals surface area contributed by atoms with E-state index >= 15 is 0 Å². The van der Waals surface area contributed by atoms with Gasteiger partial charge in [0.1, 0.15) is 0 Å². The maximum Gasteiger partial charge on any atom is 0.427 e. The van der Waals surface area contributed by atoms with Crippen LogP contribution >= 0.6 is 0 Å². The van der Waals surface area contributed by atoms with E-state index in [1.807, 2.05) is 32.0 Å². The molecule has 7 heteroatoms. The van der Waals surface area contributed by atoms with Gasteiger partial charge in [-0.05, 0) is 48.7 Å². The molecule has 1 N–H and O–H groups in total. The number of ether oxygens (including phenoxy) is 1. The lowest BCUT2D eigenvalue weighted by Gasteiger charge is -2.29. The molecule has 138 valence electrons. The van der Waals surface area contributed by atoms with Gasteiger partial charge in [-0.15, -0.1) is 0 Å². The topological polar surface area (TPSA) is 41.6 Å². The van der Waals surface area contributed by atoms with Crippen LogP contribution in [0.5, 0.6) is 0 Å².